The van der Waals surface area contributed by atoms with E-state index in [4.69, 9.17) is 0 Å². The summed E-state index contributed by atoms with van der Waals surface area (Å²) in [4.78, 5) is 27.1. The molecule has 112 valence electrons. The van der Waals surface area contributed by atoms with Crippen molar-refractivity contribution < 1.29 is 9.90 Å². The Morgan fingerprint density at radius 3 is 2.71 bits per heavy atom. The zero-order valence-electron chi connectivity index (χ0n) is 12.2. The van der Waals surface area contributed by atoms with Gasteiger partial charge in [0, 0.05) is 17.0 Å². The highest BCUT2D eigenvalue weighted by molar-refractivity contribution is 5.94. The van der Waals surface area contributed by atoms with Crippen LogP contribution in [0.15, 0.2) is 35.1 Å². The van der Waals surface area contributed by atoms with E-state index in [9.17, 15) is 14.7 Å². The summed E-state index contributed by atoms with van der Waals surface area (Å²) in [6, 6.07) is 8.03. The number of aromatic nitrogens is 1. The lowest BCUT2D eigenvalue weighted by atomic mass is 10.0. The summed E-state index contributed by atoms with van der Waals surface area (Å²) in [6.07, 6.45) is 0.681. The van der Waals surface area contributed by atoms with Crippen molar-refractivity contribution in [1.29, 1.82) is 0 Å². The monoisotopic (exact) mass is 288 g/mol. The molecule has 2 rings (SSSR count). The van der Waals surface area contributed by atoms with Crippen LogP contribution in [-0.2, 0) is 0 Å². The largest absolute Gasteiger partial charge is 0.394 e. The van der Waals surface area contributed by atoms with Crippen molar-refractivity contribution in [2.45, 2.75) is 26.3 Å². The number of rotatable bonds is 5. The molecule has 0 aliphatic heterocycles. The topological polar surface area (TPSA) is 82.2 Å². The van der Waals surface area contributed by atoms with Crippen molar-refractivity contribution in [3.8, 4) is 0 Å². The van der Waals surface area contributed by atoms with Crippen LogP contribution in [0, 0.1) is 5.92 Å². The van der Waals surface area contributed by atoms with Gasteiger partial charge >= 0.3 is 0 Å². The molecule has 0 aliphatic carbocycles. The predicted molar refractivity (Wildman–Crippen MR) is 82.4 cm³/mol. The van der Waals surface area contributed by atoms with Gasteiger partial charge in [-0.25, -0.2) is 0 Å². The van der Waals surface area contributed by atoms with E-state index >= 15 is 0 Å². The number of H-pyrrole nitrogens is 1. The Morgan fingerprint density at radius 1 is 1.33 bits per heavy atom. The third kappa shape index (κ3) is 3.70. The molecular formula is C16H20N2O3. The first kappa shape index (κ1) is 15.3. The van der Waals surface area contributed by atoms with Crippen molar-refractivity contribution in [2.24, 2.45) is 5.92 Å². The molecule has 0 bridgehead atoms. The van der Waals surface area contributed by atoms with Gasteiger partial charge in [0.15, 0.2) is 5.43 Å². The number of carbonyl (C=O) groups excluding carboxylic acids is 1. The van der Waals surface area contributed by atoms with Gasteiger partial charge in [-0.2, -0.15) is 0 Å². The Morgan fingerprint density at radius 2 is 2.05 bits per heavy atom. The van der Waals surface area contributed by atoms with Gasteiger partial charge in [0.1, 0.15) is 5.69 Å². The van der Waals surface area contributed by atoms with Crippen molar-refractivity contribution in [3.05, 3.63) is 46.2 Å². The number of aliphatic hydroxyl groups is 1. The Bertz CT molecular complexity index is 691. The van der Waals surface area contributed by atoms with Gasteiger partial charge in [0.2, 0.25) is 0 Å². The molecule has 1 atom stereocenters. The Balaban J connectivity index is 2.25. The minimum atomic E-state index is -0.377. The SMILES string of the molecule is CC(C)CC(CO)NC(=O)c1cc(=O)c2ccccc2[nH]1. The van der Waals surface area contributed by atoms with E-state index in [-0.39, 0.29) is 29.7 Å². The number of para-hydroxylation sites is 1. The first-order valence-corrected chi connectivity index (χ1v) is 7.05. The molecule has 5 nitrogen and oxygen atoms in total. The summed E-state index contributed by atoms with van der Waals surface area (Å²) in [5.41, 5.74) is 0.638. The van der Waals surface area contributed by atoms with E-state index in [2.05, 4.69) is 10.3 Å². The maximum absolute atomic E-state index is 12.2. The Labute approximate surface area is 123 Å². The molecule has 1 unspecified atom stereocenters. The first-order chi connectivity index (χ1) is 10.0. The van der Waals surface area contributed by atoms with E-state index in [1.807, 2.05) is 13.8 Å². The van der Waals surface area contributed by atoms with Crippen LogP contribution in [0.2, 0.25) is 0 Å². The van der Waals surface area contributed by atoms with Crippen LogP contribution in [0.3, 0.4) is 0 Å². The summed E-state index contributed by atoms with van der Waals surface area (Å²) in [6.45, 7) is 3.92. The number of aliphatic hydroxyl groups excluding tert-OH is 1. The second kappa shape index (κ2) is 6.54. The molecule has 0 saturated carbocycles. The van der Waals surface area contributed by atoms with Crippen molar-refractivity contribution >= 4 is 16.8 Å². The Hall–Kier alpha value is -2.14. The van der Waals surface area contributed by atoms with Gasteiger partial charge < -0.3 is 15.4 Å². The molecule has 1 aromatic heterocycles. The van der Waals surface area contributed by atoms with E-state index in [0.717, 1.165) is 0 Å². The normalized spacial score (nSPS) is 12.6. The molecule has 0 aliphatic rings. The van der Waals surface area contributed by atoms with E-state index in [1.54, 1.807) is 24.3 Å². The molecule has 3 N–H and O–H groups in total. The lowest BCUT2D eigenvalue weighted by Crippen LogP contribution is -2.39. The summed E-state index contributed by atoms with van der Waals surface area (Å²) in [5, 5.41) is 12.6. The van der Waals surface area contributed by atoms with Crippen LogP contribution < -0.4 is 10.7 Å². The summed E-state index contributed by atoms with van der Waals surface area (Å²) >= 11 is 0. The molecule has 0 fully saturated rings. The van der Waals surface area contributed by atoms with Gasteiger partial charge in [-0.15, -0.1) is 0 Å². The molecule has 1 heterocycles. The van der Waals surface area contributed by atoms with Crippen LogP contribution in [0.25, 0.3) is 10.9 Å². The Kier molecular flexibility index (Phi) is 4.75. The van der Waals surface area contributed by atoms with Crippen LogP contribution >= 0.6 is 0 Å². The quantitative estimate of drug-likeness (QED) is 0.782. The summed E-state index contributed by atoms with van der Waals surface area (Å²) in [7, 11) is 0. The second-order valence-corrected chi connectivity index (χ2v) is 5.58. The number of hydrogen-bond donors (Lipinski definition) is 3. The second-order valence-electron chi connectivity index (χ2n) is 5.58. The van der Waals surface area contributed by atoms with Crippen LogP contribution in [0.5, 0.6) is 0 Å². The van der Waals surface area contributed by atoms with Gasteiger partial charge in [-0.1, -0.05) is 26.0 Å². The smallest absolute Gasteiger partial charge is 0.268 e. The predicted octanol–water partition coefficient (Wildman–Crippen LogP) is 1.66. The van der Waals surface area contributed by atoms with Gasteiger partial charge in [-0.05, 0) is 24.5 Å². The lowest BCUT2D eigenvalue weighted by Gasteiger charge is -2.18. The van der Waals surface area contributed by atoms with Crippen LogP contribution in [0.1, 0.15) is 30.8 Å². The third-order valence-electron chi connectivity index (χ3n) is 3.29. The number of pyridine rings is 1. The number of hydrogen-bond acceptors (Lipinski definition) is 3. The fourth-order valence-electron chi connectivity index (χ4n) is 2.33. The van der Waals surface area contributed by atoms with Gasteiger partial charge in [0.05, 0.1) is 12.6 Å². The van der Waals surface area contributed by atoms with Crippen molar-refractivity contribution in [3.63, 3.8) is 0 Å². The maximum Gasteiger partial charge on any atom is 0.268 e. The first-order valence-electron chi connectivity index (χ1n) is 7.05. The molecular weight excluding hydrogens is 268 g/mol. The van der Waals surface area contributed by atoms with Crippen molar-refractivity contribution in [1.82, 2.24) is 10.3 Å². The molecule has 1 amide bonds. The number of fused-ring (bicyclic) bond motifs is 1. The molecule has 0 saturated heterocycles. The highest BCUT2D eigenvalue weighted by Gasteiger charge is 2.15. The maximum atomic E-state index is 12.2. The van der Waals surface area contributed by atoms with Gasteiger partial charge in [0.25, 0.3) is 5.91 Å². The van der Waals surface area contributed by atoms with Crippen LogP contribution in [0.4, 0.5) is 0 Å². The molecule has 21 heavy (non-hydrogen) atoms. The number of aromatic amines is 1. The zero-order chi connectivity index (χ0) is 15.4. The molecule has 5 heteroatoms. The number of amides is 1. The minimum absolute atomic E-state index is 0.123. The average molecular weight is 288 g/mol. The lowest BCUT2D eigenvalue weighted by molar-refractivity contribution is 0.0903. The van der Waals surface area contributed by atoms with Crippen molar-refractivity contribution in [2.75, 3.05) is 6.61 Å². The fraction of sp³-hybridized carbons (Fsp3) is 0.375. The molecule has 0 radical (unpaired) electrons. The molecule has 1 aromatic carbocycles. The van der Waals surface area contributed by atoms with E-state index in [0.29, 0.717) is 23.2 Å². The highest BCUT2D eigenvalue weighted by Crippen LogP contribution is 2.08. The minimum Gasteiger partial charge on any atom is -0.394 e. The number of carbonyl (C=O) groups is 1. The third-order valence-corrected chi connectivity index (χ3v) is 3.29. The molecule has 2 aromatic rings. The van der Waals surface area contributed by atoms with E-state index in [1.165, 1.54) is 6.07 Å². The molecule has 0 spiro atoms. The summed E-state index contributed by atoms with van der Waals surface area (Å²) in [5.74, 6) is -0.0179. The van der Waals surface area contributed by atoms with E-state index < -0.39 is 0 Å². The summed E-state index contributed by atoms with van der Waals surface area (Å²) < 4.78 is 0. The zero-order valence-corrected chi connectivity index (χ0v) is 12.2. The number of benzene rings is 1. The fourth-order valence-corrected chi connectivity index (χ4v) is 2.33. The van der Waals surface area contributed by atoms with Gasteiger partial charge in [-0.3, -0.25) is 9.59 Å². The van der Waals surface area contributed by atoms with Crippen LogP contribution in [-0.4, -0.2) is 28.6 Å². The average Bonchev–Trinajstić information content (AvgIpc) is 2.46. The standard InChI is InChI=1S/C16H20N2O3/c1-10(2)7-11(9-19)17-16(21)14-8-15(20)12-5-3-4-6-13(12)18-14/h3-6,8,10-11,19H,7,9H2,1-2H3,(H,17,21)(H,18,20). The highest BCUT2D eigenvalue weighted by atomic mass is 16.3. The number of nitrogens with one attached hydrogen (secondary N) is 2.